The highest BCUT2D eigenvalue weighted by Crippen LogP contribution is 2.32. The molecular weight excluding hydrogens is 430 g/mol. The Labute approximate surface area is 197 Å². The first-order chi connectivity index (χ1) is 16.6. The van der Waals surface area contributed by atoms with Crippen molar-refractivity contribution in [2.75, 3.05) is 26.1 Å². The normalized spacial score (nSPS) is 15.4. The molecule has 0 spiro atoms. The van der Waals surface area contributed by atoms with Crippen molar-refractivity contribution >= 4 is 17.2 Å². The monoisotopic (exact) mass is 457 g/mol. The fourth-order valence-electron chi connectivity index (χ4n) is 4.37. The SMILES string of the molecule is COc1ccc(-c2ccc3nc(C)c(-c4ccc(NC(=O)[C@H]5CCCN5)cc4)n3n2)cc1OC. The van der Waals surface area contributed by atoms with Crippen LogP contribution in [0.15, 0.2) is 54.6 Å². The van der Waals surface area contributed by atoms with Gasteiger partial charge in [-0.25, -0.2) is 9.50 Å². The molecule has 34 heavy (non-hydrogen) atoms. The number of hydrogen-bond acceptors (Lipinski definition) is 6. The van der Waals surface area contributed by atoms with Crippen LogP contribution in [0.1, 0.15) is 18.5 Å². The van der Waals surface area contributed by atoms with Gasteiger partial charge in [-0.3, -0.25) is 4.79 Å². The predicted molar refractivity (Wildman–Crippen MR) is 131 cm³/mol. The second-order valence-electron chi connectivity index (χ2n) is 8.32. The zero-order chi connectivity index (χ0) is 23.7. The molecule has 1 fully saturated rings. The number of nitrogens with one attached hydrogen (secondary N) is 2. The Morgan fingerprint density at radius 2 is 1.79 bits per heavy atom. The first-order valence-electron chi connectivity index (χ1n) is 11.3. The predicted octanol–water partition coefficient (Wildman–Crippen LogP) is 4.08. The van der Waals surface area contributed by atoms with Crippen LogP contribution in [0, 0.1) is 6.92 Å². The van der Waals surface area contributed by atoms with E-state index in [1.54, 1.807) is 14.2 Å². The fourth-order valence-corrected chi connectivity index (χ4v) is 4.37. The van der Waals surface area contributed by atoms with E-state index in [4.69, 9.17) is 14.6 Å². The van der Waals surface area contributed by atoms with Crippen molar-refractivity contribution in [2.24, 2.45) is 0 Å². The maximum Gasteiger partial charge on any atom is 0.241 e. The molecule has 2 aromatic heterocycles. The van der Waals surface area contributed by atoms with Gasteiger partial charge in [0.2, 0.25) is 5.91 Å². The van der Waals surface area contributed by atoms with Crippen LogP contribution in [0.25, 0.3) is 28.2 Å². The molecule has 0 aliphatic carbocycles. The lowest BCUT2D eigenvalue weighted by molar-refractivity contribution is -0.117. The van der Waals surface area contributed by atoms with Crippen LogP contribution in [0.4, 0.5) is 5.69 Å². The summed E-state index contributed by atoms with van der Waals surface area (Å²) < 4.78 is 12.7. The van der Waals surface area contributed by atoms with Crippen molar-refractivity contribution in [1.29, 1.82) is 0 Å². The van der Waals surface area contributed by atoms with Gasteiger partial charge in [-0.2, -0.15) is 5.10 Å². The van der Waals surface area contributed by atoms with Gasteiger partial charge in [0, 0.05) is 16.8 Å². The summed E-state index contributed by atoms with van der Waals surface area (Å²) >= 11 is 0. The minimum absolute atomic E-state index is 0.0115. The molecule has 1 aliphatic heterocycles. The number of nitrogens with zero attached hydrogens (tertiary/aromatic N) is 3. The molecule has 174 valence electrons. The zero-order valence-corrected chi connectivity index (χ0v) is 19.5. The molecule has 8 nitrogen and oxygen atoms in total. The molecule has 1 atom stereocenters. The summed E-state index contributed by atoms with van der Waals surface area (Å²) in [4.78, 5) is 17.1. The fraction of sp³-hybridized carbons (Fsp3) is 0.269. The molecule has 0 saturated carbocycles. The summed E-state index contributed by atoms with van der Waals surface area (Å²) in [5.74, 6) is 1.33. The van der Waals surface area contributed by atoms with Crippen LogP contribution >= 0.6 is 0 Å². The molecule has 4 aromatic rings. The summed E-state index contributed by atoms with van der Waals surface area (Å²) in [6.07, 6.45) is 1.90. The quantitative estimate of drug-likeness (QED) is 0.454. The lowest BCUT2D eigenvalue weighted by Gasteiger charge is -2.12. The number of imidazole rings is 1. The topological polar surface area (TPSA) is 89.8 Å². The van der Waals surface area contributed by atoms with E-state index < -0.39 is 0 Å². The van der Waals surface area contributed by atoms with E-state index in [0.717, 1.165) is 58.9 Å². The lowest BCUT2D eigenvalue weighted by atomic mass is 10.1. The first-order valence-corrected chi connectivity index (χ1v) is 11.3. The van der Waals surface area contributed by atoms with E-state index in [1.807, 2.05) is 66.0 Å². The molecule has 3 heterocycles. The highest BCUT2D eigenvalue weighted by molar-refractivity contribution is 5.95. The van der Waals surface area contributed by atoms with Gasteiger partial charge >= 0.3 is 0 Å². The lowest BCUT2D eigenvalue weighted by Crippen LogP contribution is -2.35. The maximum absolute atomic E-state index is 12.4. The molecule has 5 rings (SSSR count). The summed E-state index contributed by atoms with van der Waals surface area (Å²) in [5, 5.41) is 11.1. The van der Waals surface area contributed by atoms with Crippen LogP contribution in [-0.2, 0) is 4.79 Å². The summed E-state index contributed by atoms with van der Waals surface area (Å²) in [5.41, 5.74) is 6.00. The highest BCUT2D eigenvalue weighted by atomic mass is 16.5. The van der Waals surface area contributed by atoms with E-state index in [-0.39, 0.29) is 11.9 Å². The van der Waals surface area contributed by atoms with Crippen LogP contribution in [0.2, 0.25) is 0 Å². The van der Waals surface area contributed by atoms with Gasteiger partial charge < -0.3 is 20.1 Å². The van der Waals surface area contributed by atoms with Crippen LogP contribution in [0.5, 0.6) is 11.5 Å². The van der Waals surface area contributed by atoms with Gasteiger partial charge in [0.15, 0.2) is 17.1 Å². The Morgan fingerprint density at radius 1 is 1.03 bits per heavy atom. The van der Waals surface area contributed by atoms with Gasteiger partial charge in [0.25, 0.3) is 0 Å². The standard InChI is InChI=1S/C26H27N5O3/c1-16-25(17-6-9-19(10-7-17)29-26(32)21-5-4-14-27-21)31-24(28-16)13-11-20(30-31)18-8-12-22(33-2)23(15-18)34-3/h6-13,15,21,27H,4-5,14H2,1-3H3,(H,29,32)/t21-/m1/s1. The van der Waals surface area contributed by atoms with Gasteiger partial charge in [-0.05, 0) is 68.8 Å². The number of hydrogen-bond donors (Lipinski definition) is 2. The number of benzene rings is 2. The van der Waals surface area contributed by atoms with Crippen molar-refractivity contribution in [3.63, 3.8) is 0 Å². The van der Waals surface area contributed by atoms with E-state index >= 15 is 0 Å². The summed E-state index contributed by atoms with van der Waals surface area (Å²) in [7, 11) is 3.23. The van der Waals surface area contributed by atoms with Crippen molar-refractivity contribution in [3.05, 3.63) is 60.3 Å². The molecule has 1 saturated heterocycles. The zero-order valence-electron chi connectivity index (χ0n) is 19.5. The minimum atomic E-state index is -0.111. The van der Waals surface area contributed by atoms with Crippen LogP contribution < -0.4 is 20.1 Å². The number of carbonyl (C=O) groups is 1. The average molecular weight is 458 g/mol. The third-order valence-electron chi connectivity index (χ3n) is 6.13. The number of ether oxygens (including phenoxy) is 2. The van der Waals surface area contributed by atoms with E-state index in [2.05, 4.69) is 15.6 Å². The molecule has 0 bridgehead atoms. The highest BCUT2D eigenvalue weighted by Gasteiger charge is 2.22. The first kappa shape index (κ1) is 21.9. The van der Waals surface area contributed by atoms with Crippen molar-refractivity contribution in [3.8, 4) is 34.0 Å². The smallest absolute Gasteiger partial charge is 0.241 e. The Balaban J connectivity index is 1.46. The van der Waals surface area contributed by atoms with Gasteiger partial charge in [0.05, 0.1) is 37.3 Å². The minimum Gasteiger partial charge on any atom is -0.493 e. The third kappa shape index (κ3) is 4.08. The molecule has 1 aliphatic rings. The number of methoxy groups -OCH3 is 2. The van der Waals surface area contributed by atoms with E-state index in [0.29, 0.717) is 11.5 Å². The number of aromatic nitrogens is 3. The van der Waals surface area contributed by atoms with Crippen molar-refractivity contribution in [1.82, 2.24) is 19.9 Å². The van der Waals surface area contributed by atoms with Crippen LogP contribution in [-0.4, -0.2) is 47.3 Å². The summed E-state index contributed by atoms with van der Waals surface area (Å²) in [6, 6.07) is 17.3. The van der Waals surface area contributed by atoms with Gasteiger partial charge in [-0.1, -0.05) is 12.1 Å². The number of amides is 1. The number of carbonyl (C=O) groups excluding carboxylic acids is 1. The molecule has 2 N–H and O–H groups in total. The maximum atomic E-state index is 12.4. The second kappa shape index (κ2) is 9.15. The molecular formula is C26H27N5O3. The molecule has 2 aromatic carbocycles. The Bertz CT molecular complexity index is 1340. The molecule has 8 heteroatoms. The van der Waals surface area contributed by atoms with Gasteiger partial charge in [0.1, 0.15) is 0 Å². The number of rotatable bonds is 6. The van der Waals surface area contributed by atoms with Crippen molar-refractivity contribution < 1.29 is 14.3 Å². The largest absolute Gasteiger partial charge is 0.493 e. The third-order valence-corrected chi connectivity index (χ3v) is 6.13. The summed E-state index contributed by atoms with van der Waals surface area (Å²) in [6.45, 7) is 2.87. The Kier molecular flexibility index (Phi) is 5.90. The Morgan fingerprint density at radius 3 is 2.50 bits per heavy atom. The average Bonchev–Trinajstić information content (AvgIpc) is 3.51. The second-order valence-corrected chi connectivity index (χ2v) is 8.32. The van der Waals surface area contributed by atoms with Crippen LogP contribution in [0.3, 0.4) is 0 Å². The van der Waals surface area contributed by atoms with E-state index in [1.165, 1.54) is 0 Å². The van der Waals surface area contributed by atoms with Crippen molar-refractivity contribution in [2.45, 2.75) is 25.8 Å². The number of anilines is 1. The molecule has 0 radical (unpaired) electrons. The molecule has 0 unspecified atom stereocenters. The van der Waals surface area contributed by atoms with Gasteiger partial charge in [-0.15, -0.1) is 0 Å². The number of fused-ring (bicyclic) bond motifs is 1. The molecule has 1 amide bonds. The van der Waals surface area contributed by atoms with E-state index in [9.17, 15) is 4.79 Å². The Hall–Kier alpha value is -3.91. The number of aryl methyl sites for hydroxylation is 1.